The molecule has 0 bridgehead atoms. The largest absolute Gasteiger partial charge is 0.381 e. The summed E-state index contributed by atoms with van der Waals surface area (Å²) in [4.78, 5) is 0. The predicted octanol–water partition coefficient (Wildman–Crippen LogP) is 3.93. The van der Waals surface area contributed by atoms with Crippen LogP contribution in [0.25, 0.3) is 0 Å². The summed E-state index contributed by atoms with van der Waals surface area (Å²) in [6.07, 6.45) is 6.47. The molecule has 1 saturated carbocycles. The Hall–Kier alpha value is -0.380. The molecule has 3 atom stereocenters. The smallest absolute Gasteiger partial charge is 0.0586 e. The number of methoxy groups -OCH3 is 1. The minimum absolute atomic E-state index is 0.450. The van der Waals surface area contributed by atoms with Gasteiger partial charge < -0.3 is 10.1 Å². The van der Waals surface area contributed by atoms with Gasteiger partial charge in [-0.25, -0.2) is 0 Å². The quantitative estimate of drug-likeness (QED) is 0.885. The van der Waals surface area contributed by atoms with Crippen LogP contribution in [-0.2, 0) is 11.2 Å². The Balaban J connectivity index is 1.80. The molecule has 0 amide bonds. The van der Waals surface area contributed by atoms with E-state index in [9.17, 15) is 0 Å². The zero-order valence-electron chi connectivity index (χ0n) is 11.9. The number of halogens is 1. The second-order valence-corrected chi connectivity index (χ2v) is 6.54. The summed E-state index contributed by atoms with van der Waals surface area (Å²) in [6, 6.07) is 9.75. The van der Waals surface area contributed by atoms with E-state index in [0.717, 1.165) is 17.3 Å². The van der Waals surface area contributed by atoms with E-state index in [1.165, 1.54) is 24.8 Å². The standard InChI is InChI=1S/C16H24BrNO/c1-12(10-13-6-8-14(17)9-7-13)18-15-4-3-5-16(11-15)19-2/h6-9,12,15-16,18H,3-5,10-11H2,1-2H3. The Morgan fingerprint density at radius 3 is 2.74 bits per heavy atom. The first-order chi connectivity index (χ1) is 9.17. The minimum atomic E-state index is 0.450. The van der Waals surface area contributed by atoms with Crippen molar-refractivity contribution in [2.24, 2.45) is 0 Å². The van der Waals surface area contributed by atoms with E-state index in [1.807, 2.05) is 7.11 Å². The zero-order valence-corrected chi connectivity index (χ0v) is 13.4. The second kappa shape index (κ2) is 7.41. The maximum atomic E-state index is 5.49. The molecule has 1 aromatic rings. The van der Waals surface area contributed by atoms with Crippen molar-refractivity contribution >= 4 is 15.9 Å². The highest BCUT2D eigenvalue weighted by Gasteiger charge is 2.22. The van der Waals surface area contributed by atoms with Crippen LogP contribution in [0.15, 0.2) is 28.7 Å². The van der Waals surface area contributed by atoms with Gasteiger partial charge in [0, 0.05) is 23.7 Å². The van der Waals surface area contributed by atoms with E-state index in [0.29, 0.717) is 18.2 Å². The van der Waals surface area contributed by atoms with Gasteiger partial charge in [-0.15, -0.1) is 0 Å². The lowest BCUT2D eigenvalue weighted by atomic mass is 9.92. The van der Waals surface area contributed by atoms with Gasteiger partial charge in [-0.1, -0.05) is 28.1 Å². The number of hydrogen-bond acceptors (Lipinski definition) is 2. The molecule has 106 valence electrons. The zero-order chi connectivity index (χ0) is 13.7. The normalized spacial score (nSPS) is 25.2. The van der Waals surface area contributed by atoms with Gasteiger partial charge in [0.2, 0.25) is 0 Å². The van der Waals surface area contributed by atoms with Gasteiger partial charge in [0.15, 0.2) is 0 Å². The number of hydrogen-bond donors (Lipinski definition) is 1. The van der Waals surface area contributed by atoms with Crippen LogP contribution in [0.5, 0.6) is 0 Å². The molecule has 2 rings (SSSR count). The van der Waals surface area contributed by atoms with Crippen molar-refractivity contribution in [3.8, 4) is 0 Å². The highest BCUT2D eigenvalue weighted by molar-refractivity contribution is 9.10. The van der Waals surface area contributed by atoms with Crippen molar-refractivity contribution in [3.05, 3.63) is 34.3 Å². The number of rotatable bonds is 5. The van der Waals surface area contributed by atoms with Gasteiger partial charge in [-0.3, -0.25) is 0 Å². The first-order valence-corrected chi connectivity index (χ1v) is 8.00. The van der Waals surface area contributed by atoms with Crippen molar-refractivity contribution in [1.82, 2.24) is 5.32 Å². The topological polar surface area (TPSA) is 21.3 Å². The Bertz CT molecular complexity index is 379. The summed E-state index contributed by atoms with van der Waals surface area (Å²) >= 11 is 3.48. The summed E-state index contributed by atoms with van der Waals surface area (Å²) in [6.45, 7) is 2.28. The van der Waals surface area contributed by atoms with Crippen LogP contribution in [0.4, 0.5) is 0 Å². The van der Waals surface area contributed by atoms with Crippen molar-refractivity contribution in [2.75, 3.05) is 7.11 Å². The molecule has 0 aromatic heterocycles. The molecule has 0 spiro atoms. The molecule has 0 radical (unpaired) electrons. The van der Waals surface area contributed by atoms with Crippen molar-refractivity contribution in [1.29, 1.82) is 0 Å². The molecule has 1 aliphatic rings. The third kappa shape index (κ3) is 4.90. The van der Waals surface area contributed by atoms with E-state index in [4.69, 9.17) is 4.74 Å². The number of benzene rings is 1. The summed E-state index contributed by atoms with van der Waals surface area (Å²) in [5.41, 5.74) is 1.39. The van der Waals surface area contributed by atoms with E-state index in [-0.39, 0.29) is 0 Å². The van der Waals surface area contributed by atoms with Crippen LogP contribution in [0.1, 0.15) is 38.2 Å². The number of nitrogens with one attached hydrogen (secondary N) is 1. The fourth-order valence-corrected chi connectivity index (χ4v) is 3.21. The third-order valence-corrected chi connectivity index (χ3v) is 4.46. The second-order valence-electron chi connectivity index (χ2n) is 5.62. The molecule has 1 aromatic carbocycles. The molecule has 0 heterocycles. The average molecular weight is 326 g/mol. The van der Waals surface area contributed by atoms with Gasteiger partial charge in [0.1, 0.15) is 0 Å². The van der Waals surface area contributed by atoms with Crippen LogP contribution in [-0.4, -0.2) is 25.3 Å². The predicted molar refractivity (Wildman–Crippen MR) is 83.5 cm³/mol. The maximum Gasteiger partial charge on any atom is 0.0586 e. The molecule has 1 N–H and O–H groups in total. The van der Waals surface area contributed by atoms with Crippen molar-refractivity contribution in [3.63, 3.8) is 0 Å². The van der Waals surface area contributed by atoms with Crippen LogP contribution >= 0.6 is 15.9 Å². The van der Waals surface area contributed by atoms with E-state index < -0.39 is 0 Å². The Labute approximate surface area is 125 Å². The Morgan fingerprint density at radius 1 is 1.32 bits per heavy atom. The van der Waals surface area contributed by atoms with Crippen LogP contribution in [0.3, 0.4) is 0 Å². The molecule has 1 fully saturated rings. The fraction of sp³-hybridized carbons (Fsp3) is 0.625. The van der Waals surface area contributed by atoms with Gasteiger partial charge in [-0.2, -0.15) is 0 Å². The SMILES string of the molecule is COC1CCCC(NC(C)Cc2ccc(Br)cc2)C1. The van der Waals surface area contributed by atoms with Crippen molar-refractivity contribution in [2.45, 2.75) is 57.2 Å². The van der Waals surface area contributed by atoms with E-state index in [2.05, 4.69) is 52.4 Å². The summed E-state index contributed by atoms with van der Waals surface area (Å²) < 4.78 is 6.63. The lowest BCUT2D eigenvalue weighted by molar-refractivity contribution is 0.0573. The summed E-state index contributed by atoms with van der Waals surface area (Å²) in [7, 11) is 1.83. The highest BCUT2D eigenvalue weighted by atomic mass is 79.9. The molecular weight excluding hydrogens is 302 g/mol. The van der Waals surface area contributed by atoms with Crippen LogP contribution in [0.2, 0.25) is 0 Å². The monoisotopic (exact) mass is 325 g/mol. The minimum Gasteiger partial charge on any atom is -0.381 e. The molecule has 19 heavy (non-hydrogen) atoms. The molecular formula is C16H24BrNO. The molecule has 2 nitrogen and oxygen atoms in total. The van der Waals surface area contributed by atoms with Crippen molar-refractivity contribution < 1.29 is 4.74 Å². The maximum absolute atomic E-state index is 5.49. The molecule has 3 unspecified atom stereocenters. The van der Waals surface area contributed by atoms with Gasteiger partial charge in [0.25, 0.3) is 0 Å². The molecule has 1 aliphatic carbocycles. The fourth-order valence-electron chi connectivity index (χ4n) is 2.95. The van der Waals surface area contributed by atoms with E-state index in [1.54, 1.807) is 0 Å². The Kier molecular flexibility index (Phi) is 5.86. The molecule has 3 heteroatoms. The summed E-state index contributed by atoms with van der Waals surface area (Å²) in [5.74, 6) is 0. The average Bonchev–Trinajstić information content (AvgIpc) is 2.41. The lowest BCUT2D eigenvalue weighted by Gasteiger charge is -2.31. The van der Waals surface area contributed by atoms with E-state index >= 15 is 0 Å². The van der Waals surface area contributed by atoms with Gasteiger partial charge in [-0.05, 0) is 56.7 Å². The molecule has 0 saturated heterocycles. The third-order valence-electron chi connectivity index (χ3n) is 3.93. The number of ether oxygens (including phenoxy) is 1. The highest BCUT2D eigenvalue weighted by Crippen LogP contribution is 2.21. The lowest BCUT2D eigenvalue weighted by Crippen LogP contribution is -2.42. The van der Waals surface area contributed by atoms with Gasteiger partial charge >= 0.3 is 0 Å². The first-order valence-electron chi connectivity index (χ1n) is 7.20. The van der Waals surface area contributed by atoms with Gasteiger partial charge in [0.05, 0.1) is 6.10 Å². The first kappa shape index (κ1) is 15.0. The van der Waals surface area contributed by atoms with Crippen LogP contribution in [0, 0.1) is 0 Å². The Morgan fingerprint density at radius 2 is 2.05 bits per heavy atom. The van der Waals surface area contributed by atoms with Crippen LogP contribution < -0.4 is 5.32 Å². The molecule has 0 aliphatic heterocycles. The summed E-state index contributed by atoms with van der Waals surface area (Å²) in [5, 5.41) is 3.75.